The fourth-order valence-corrected chi connectivity index (χ4v) is 1.76. The Morgan fingerprint density at radius 3 is 2.85 bits per heavy atom. The van der Waals surface area contributed by atoms with Gasteiger partial charge >= 0.3 is 0 Å². The molecule has 0 saturated heterocycles. The van der Waals surface area contributed by atoms with Crippen LogP contribution in [-0.2, 0) is 0 Å². The monoisotopic (exact) mass is 288 g/mol. The smallest absolute Gasteiger partial charge is 0.291 e. The predicted molar refractivity (Wildman–Crippen MR) is 78.8 cm³/mol. The second-order valence-electron chi connectivity index (χ2n) is 4.06. The van der Waals surface area contributed by atoms with E-state index in [1.165, 1.54) is 0 Å². The van der Waals surface area contributed by atoms with Gasteiger partial charge in [0.2, 0.25) is 0 Å². The van der Waals surface area contributed by atoms with Gasteiger partial charge in [-0.2, -0.15) is 0 Å². The van der Waals surface area contributed by atoms with Gasteiger partial charge in [0.05, 0.1) is 11.6 Å². The lowest BCUT2D eigenvalue weighted by molar-refractivity contribution is 0.0995. The van der Waals surface area contributed by atoms with Crippen molar-refractivity contribution >= 4 is 23.2 Å². The second-order valence-corrected chi connectivity index (χ2v) is 4.47. The SMILES string of the molecule is Cc1ccc(C(=O)Nc2ccc(Cl)c(C#CCN)c2)o1. The van der Waals surface area contributed by atoms with Gasteiger partial charge in [0.1, 0.15) is 5.76 Å². The third kappa shape index (κ3) is 3.41. The van der Waals surface area contributed by atoms with Gasteiger partial charge in [-0.25, -0.2) is 0 Å². The predicted octanol–water partition coefficient (Wildman–Crippen LogP) is 2.80. The van der Waals surface area contributed by atoms with E-state index in [1.807, 2.05) is 0 Å². The van der Waals surface area contributed by atoms with Crippen LogP contribution in [0.2, 0.25) is 5.02 Å². The molecule has 2 rings (SSSR count). The molecule has 1 amide bonds. The zero-order valence-electron chi connectivity index (χ0n) is 10.9. The first-order valence-electron chi connectivity index (χ1n) is 5.96. The summed E-state index contributed by atoms with van der Waals surface area (Å²) >= 11 is 6.01. The van der Waals surface area contributed by atoms with Gasteiger partial charge in [0.15, 0.2) is 5.76 Å². The molecule has 5 heteroatoms. The van der Waals surface area contributed by atoms with Gasteiger partial charge in [-0.1, -0.05) is 23.4 Å². The Morgan fingerprint density at radius 1 is 1.40 bits per heavy atom. The molecule has 20 heavy (non-hydrogen) atoms. The van der Waals surface area contributed by atoms with Crippen LogP contribution < -0.4 is 11.1 Å². The van der Waals surface area contributed by atoms with Crippen LogP contribution in [0, 0.1) is 18.8 Å². The molecule has 0 unspecified atom stereocenters. The number of anilines is 1. The van der Waals surface area contributed by atoms with E-state index in [4.69, 9.17) is 21.8 Å². The van der Waals surface area contributed by atoms with Crippen molar-refractivity contribution in [1.29, 1.82) is 0 Å². The number of nitrogens with two attached hydrogens (primary N) is 1. The summed E-state index contributed by atoms with van der Waals surface area (Å²) in [4.78, 5) is 11.9. The third-order valence-corrected chi connectivity index (χ3v) is 2.84. The largest absolute Gasteiger partial charge is 0.456 e. The average molecular weight is 289 g/mol. The van der Waals surface area contributed by atoms with E-state index >= 15 is 0 Å². The molecule has 0 bridgehead atoms. The number of amides is 1. The molecule has 3 N–H and O–H groups in total. The molecule has 0 spiro atoms. The molecule has 0 radical (unpaired) electrons. The molecule has 0 atom stereocenters. The normalized spacial score (nSPS) is 9.75. The first-order chi connectivity index (χ1) is 9.60. The number of nitrogens with one attached hydrogen (secondary N) is 1. The quantitative estimate of drug-likeness (QED) is 0.835. The fourth-order valence-electron chi connectivity index (χ4n) is 1.59. The number of hydrogen-bond acceptors (Lipinski definition) is 3. The zero-order valence-corrected chi connectivity index (χ0v) is 11.6. The highest BCUT2D eigenvalue weighted by atomic mass is 35.5. The number of halogens is 1. The molecule has 0 aliphatic carbocycles. The van der Waals surface area contributed by atoms with Crippen molar-refractivity contribution in [1.82, 2.24) is 0 Å². The fraction of sp³-hybridized carbons (Fsp3) is 0.133. The lowest BCUT2D eigenvalue weighted by atomic mass is 10.2. The van der Waals surface area contributed by atoms with Crippen molar-refractivity contribution in [2.24, 2.45) is 5.73 Å². The molecule has 0 saturated carbocycles. The summed E-state index contributed by atoms with van der Waals surface area (Å²) in [6.07, 6.45) is 0. The minimum Gasteiger partial charge on any atom is -0.456 e. The van der Waals surface area contributed by atoms with E-state index in [2.05, 4.69) is 17.2 Å². The van der Waals surface area contributed by atoms with Crippen LogP contribution in [0.25, 0.3) is 0 Å². The van der Waals surface area contributed by atoms with Crippen LogP contribution in [0.3, 0.4) is 0 Å². The maximum atomic E-state index is 11.9. The minimum atomic E-state index is -0.321. The van der Waals surface area contributed by atoms with E-state index < -0.39 is 0 Å². The van der Waals surface area contributed by atoms with Crippen molar-refractivity contribution in [2.75, 3.05) is 11.9 Å². The summed E-state index contributed by atoms with van der Waals surface area (Å²) in [6.45, 7) is 2.03. The third-order valence-electron chi connectivity index (χ3n) is 2.51. The van der Waals surface area contributed by atoms with Crippen LogP contribution in [-0.4, -0.2) is 12.5 Å². The number of rotatable bonds is 2. The average Bonchev–Trinajstić information content (AvgIpc) is 2.86. The van der Waals surface area contributed by atoms with E-state index in [0.717, 1.165) is 0 Å². The Hall–Kier alpha value is -2.22. The Kier molecular flexibility index (Phi) is 4.46. The van der Waals surface area contributed by atoms with E-state index in [1.54, 1.807) is 37.3 Å². The zero-order chi connectivity index (χ0) is 14.5. The van der Waals surface area contributed by atoms with Gasteiger partial charge in [0.25, 0.3) is 5.91 Å². The van der Waals surface area contributed by atoms with Crippen LogP contribution >= 0.6 is 11.6 Å². The van der Waals surface area contributed by atoms with Gasteiger partial charge in [-0.15, -0.1) is 0 Å². The molecule has 0 aliphatic heterocycles. The van der Waals surface area contributed by atoms with Crippen molar-refractivity contribution in [3.8, 4) is 11.8 Å². The Morgan fingerprint density at radius 2 is 2.20 bits per heavy atom. The van der Waals surface area contributed by atoms with Crippen LogP contribution in [0.1, 0.15) is 21.9 Å². The number of benzene rings is 1. The van der Waals surface area contributed by atoms with Gasteiger partial charge in [0, 0.05) is 11.3 Å². The number of furan rings is 1. The maximum absolute atomic E-state index is 11.9. The van der Waals surface area contributed by atoms with E-state index in [-0.39, 0.29) is 18.2 Å². The second kappa shape index (κ2) is 6.29. The van der Waals surface area contributed by atoms with Gasteiger partial charge < -0.3 is 15.5 Å². The molecule has 1 aromatic carbocycles. The lowest BCUT2D eigenvalue weighted by Crippen LogP contribution is -2.10. The lowest BCUT2D eigenvalue weighted by Gasteiger charge is -2.05. The first kappa shape index (κ1) is 14.2. The van der Waals surface area contributed by atoms with Crippen molar-refractivity contribution in [2.45, 2.75) is 6.92 Å². The molecule has 102 valence electrons. The summed E-state index contributed by atoms with van der Waals surface area (Å²) < 4.78 is 5.25. The Balaban J connectivity index is 2.19. The molecule has 2 aromatic rings. The highest BCUT2D eigenvalue weighted by Crippen LogP contribution is 2.20. The standard InChI is InChI=1S/C15H13ClN2O2/c1-10-4-7-14(20-10)15(19)18-12-5-6-13(16)11(9-12)3-2-8-17/h4-7,9H,8,17H2,1H3,(H,18,19). The first-order valence-corrected chi connectivity index (χ1v) is 6.34. The molecular weight excluding hydrogens is 276 g/mol. The van der Waals surface area contributed by atoms with Crippen molar-refractivity contribution in [3.63, 3.8) is 0 Å². The summed E-state index contributed by atoms with van der Waals surface area (Å²) in [5, 5.41) is 3.24. The summed E-state index contributed by atoms with van der Waals surface area (Å²) in [5.74, 6) is 6.19. The summed E-state index contributed by atoms with van der Waals surface area (Å²) in [5.41, 5.74) is 6.53. The van der Waals surface area contributed by atoms with Crippen molar-refractivity contribution in [3.05, 3.63) is 52.4 Å². The summed E-state index contributed by atoms with van der Waals surface area (Å²) in [7, 11) is 0. The number of aryl methyl sites for hydroxylation is 1. The molecular formula is C15H13ClN2O2. The highest BCUT2D eigenvalue weighted by Gasteiger charge is 2.10. The van der Waals surface area contributed by atoms with Gasteiger partial charge in [-0.05, 0) is 37.3 Å². The highest BCUT2D eigenvalue weighted by molar-refractivity contribution is 6.31. The number of carbonyl (C=O) groups excluding carboxylic acids is 1. The van der Waals surface area contributed by atoms with Crippen LogP contribution in [0.4, 0.5) is 5.69 Å². The number of carbonyl (C=O) groups is 1. The molecule has 1 heterocycles. The topological polar surface area (TPSA) is 68.3 Å². The van der Waals surface area contributed by atoms with Crippen LogP contribution in [0.15, 0.2) is 34.7 Å². The van der Waals surface area contributed by atoms with Crippen LogP contribution in [0.5, 0.6) is 0 Å². The number of hydrogen-bond donors (Lipinski definition) is 2. The minimum absolute atomic E-state index is 0.249. The van der Waals surface area contributed by atoms with Crippen molar-refractivity contribution < 1.29 is 9.21 Å². The Labute approximate surface area is 121 Å². The maximum Gasteiger partial charge on any atom is 0.291 e. The molecule has 4 nitrogen and oxygen atoms in total. The Bertz CT molecular complexity index is 695. The van der Waals surface area contributed by atoms with E-state index in [9.17, 15) is 4.79 Å². The van der Waals surface area contributed by atoms with E-state index in [0.29, 0.717) is 22.0 Å². The molecule has 0 fully saturated rings. The van der Waals surface area contributed by atoms with Gasteiger partial charge in [-0.3, -0.25) is 4.79 Å². The molecule has 0 aliphatic rings. The molecule has 1 aromatic heterocycles. The summed E-state index contributed by atoms with van der Waals surface area (Å²) in [6, 6.07) is 8.41.